The Morgan fingerprint density at radius 3 is 2.39 bits per heavy atom. The lowest BCUT2D eigenvalue weighted by Gasteiger charge is -2.20. The van der Waals surface area contributed by atoms with Crippen LogP contribution in [0.25, 0.3) is 0 Å². The first-order chi connectivity index (χ1) is 8.66. The van der Waals surface area contributed by atoms with E-state index in [4.69, 9.17) is 0 Å². The summed E-state index contributed by atoms with van der Waals surface area (Å²) >= 11 is 0. The van der Waals surface area contributed by atoms with Crippen LogP contribution in [0.4, 0.5) is 0 Å². The number of aliphatic hydroxyl groups is 1. The third-order valence-corrected chi connectivity index (χ3v) is 4.32. The highest BCUT2D eigenvalue weighted by molar-refractivity contribution is 5.31. The third kappa shape index (κ3) is 3.58. The van der Waals surface area contributed by atoms with Crippen LogP contribution in [-0.4, -0.2) is 5.11 Å². The van der Waals surface area contributed by atoms with Gasteiger partial charge in [0.05, 0.1) is 6.10 Å². The van der Waals surface area contributed by atoms with Crippen LogP contribution >= 0.6 is 0 Å². The first-order valence-electron chi connectivity index (χ1n) is 7.42. The first-order valence-corrected chi connectivity index (χ1v) is 7.42. The highest BCUT2D eigenvalue weighted by Gasteiger charge is 2.18. The Labute approximate surface area is 111 Å². The molecule has 1 heteroatoms. The van der Waals surface area contributed by atoms with Gasteiger partial charge in [-0.05, 0) is 37.3 Å². The maximum atomic E-state index is 10.4. The molecule has 0 spiro atoms. The fraction of sp³-hybridized carbons (Fsp3) is 0.647. The second kappa shape index (κ2) is 6.38. The summed E-state index contributed by atoms with van der Waals surface area (Å²) in [7, 11) is 0. The Morgan fingerprint density at radius 2 is 1.78 bits per heavy atom. The molecule has 0 saturated heterocycles. The van der Waals surface area contributed by atoms with Gasteiger partial charge >= 0.3 is 0 Å². The summed E-state index contributed by atoms with van der Waals surface area (Å²) in [6, 6.07) is 6.39. The molecule has 1 saturated carbocycles. The Hall–Kier alpha value is -0.820. The molecule has 100 valence electrons. The average Bonchev–Trinajstić information content (AvgIpc) is 2.57. The Balaban J connectivity index is 1.99. The molecule has 1 N–H and O–H groups in total. The molecule has 1 aromatic carbocycles. The molecule has 1 aliphatic rings. The largest absolute Gasteiger partial charge is 0.388 e. The van der Waals surface area contributed by atoms with E-state index in [0.29, 0.717) is 0 Å². The van der Waals surface area contributed by atoms with Crippen molar-refractivity contribution in [1.29, 1.82) is 0 Å². The lowest BCUT2D eigenvalue weighted by Crippen LogP contribution is -2.08. The third-order valence-electron chi connectivity index (χ3n) is 4.32. The van der Waals surface area contributed by atoms with Crippen LogP contribution in [0.15, 0.2) is 18.2 Å². The summed E-state index contributed by atoms with van der Waals surface area (Å²) < 4.78 is 0. The Morgan fingerprint density at radius 1 is 1.11 bits per heavy atom. The number of rotatable bonds is 3. The van der Waals surface area contributed by atoms with Gasteiger partial charge in [0, 0.05) is 0 Å². The molecule has 0 amide bonds. The van der Waals surface area contributed by atoms with Crippen LogP contribution in [0.3, 0.4) is 0 Å². The maximum Gasteiger partial charge on any atom is 0.0795 e. The van der Waals surface area contributed by atoms with E-state index in [1.54, 1.807) is 0 Å². The highest BCUT2D eigenvalue weighted by atomic mass is 16.3. The number of aliphatic hydroxyl groups excluding tert-OH is 1. The van der Waals surface area contributed by atoms with Crippen molar-refractivity contribution in [1.82, 2.24) is 0 Å². The van der Waals surface area contributed by atoms with E-state index in [2.05, 4.69) is 32.0 Å². The Kier molecular flexibility index (Phi) is 4.82. The molecule has 1 aliphatic carbocycles. The van der Waals surface area contributed by atoms with Crippen molar-refractivity contribution in [2.24, 2.45) is 5.92 Å². The monoisotopic (exact) mass is 246 g/mol. The molecule has 1 fully saturated rings. The number of hydrogen-bond acceptors (Lipinski definition) is 1. The van der Waals surface area contributed by atoms with E-state index in [-0.39, 0.29) is 6.10 Å². The summed E-state index contributed by atoms with van der Waals surface area (Å²) in [6.45, 7) is 4.22. The zero-order valence-corrected chi connectivity index (χ0v) is 11.8. The fourth-order valence-electron chi connectivity index (χ4n) is 3.24. The minimum absolute atomic E-state index is 0.270. The van der Waals surface area contributed by atoms with Crippen LogP contribution in [0.1, 0.15) is 67.7 Å². The van der Waals surface area contributed by atoms with E-state index in [1.165, 1.54) is 49.7 Å². The molecular formula is C17H26O. The van der Waals surface area contributed by atoms with Gasteiger partial charge in [-0.3, -0.25) is 0 Å². The van der Waals surface area contributed by atoms with Gasteiger partial charge in [-0.25, -0.2) is 0 Å². The van der Waals surface area contributed by atoms with Gasteiger partial charge in [-0.2, -0.15) is 0 Å². The minimum atomic E-state index is -0.270. The van der Waals surface area contributed by atoms with Crippen molar-refractivity contribution in [2.45, 2.75) is 64.9 Å². The summed E-state index contributed by atoms with van der Waals surface area (Å²) in [4.78, 5) is 0. The second-order valence-corrected chi connectivity index (χ2v) is 5.97. The smallest absolute Gasteiger partial charge is 0.0795 e. The SMILES string of the molecule is Cc1ccc(C(O)CC2CCCCCC2)c(C)c1. The molecule has 18 heavy (non-hydrogen) atoms. The number of benzene rings is 1. The molecule has 1 aromatic rings. The van der Waals surface area contributed by atoms with Crippen molar-refractivity contribution in [2.75, 3.05) is 0 Å². The predicted octanol–water partition coefficient (Wildman–Crippen LogP) is 4.70. The summed E-state index contributed by atoms with van der Waals surface area (Å²) in [5, 5.41) is 10.4. The second-order valence-electron chi connectivity index (χ2n) is 5.97. The van der Waals surface area contributed by atoms with Gasteiger partial charge < -0.3 is 5.11 Å². The zero-order chi connectivity index (χ0) is 13.0. The summed E-state index contributed by atoms with van der Waals surface area (Å²) in [5.74, 6) is 0.725. The highest BCUT2D eigenvalue weighted by Crippen LogP contribution is 2.32. The standard InChI is InChI=1S/C17H26O/c1-13-9-10-16(14(2)11-13)17(18)12-15-7-5-3-4-6-8-15/h9-11,15,17-18H,3-8,12H2,1-2H3. The van der Waals surface area contributed by atoms with Gasteiger partial charge in [0.1, 0.15) is 0 Å². The van der Waals surface area contributed by atoms with E-state index in [9.17, 15) is 5.11 Å². The molecule has 0 aliphatic heterocycles. The average molecular weight is 246 g/mol. The summed E-state index contributed by atoms with van der Waals surface area (Å²) in [5.41, 5.74) is 3.64. The van der Waals surface area contributed by atoms with Crippen LogP contribution in [0.2, 0.25) is 0 Å². The van der Waals surface area contributed by atoms with Crippen molar-refractivity contribution in [3.63, 3.8) is 0 Å². The van der Waals surface area contributed by atoms with Gasteiger partial charge in [-0.1, -0.05) is 62.3 Å². The molecule has 2 rings (SSSR count). The molecule has 0 radical (unpaired) electrons. The Bertz CT molecular complexity index is 375. The van der Waals surface area contributed by atoms with Gasteiger partial charge in [0.15, 0.2) is 0 Å². The molecular weight excluding hydrogens is 220 g/mol. The van der Waals surface area contributed by atoms with Crippen LogP contribution < -0.4 is 0 Å². The summed E-state index contributed by atoms with van der Waals surface area (Å²) in [6.07, 6.45) is 8.77. The van der Waals surface area contributed by atoms with Crippen molar-refractivity contribution >= 4 is 0 Å². The fourth-order valence-corrected chi connectivity index (χ4v) is 3.24. The molecule has 1 atom stereocenters. The van der Waals surface area contributed by atoms with E-state index in [1.807, 2.05) is 0 Å². The maximum absolute atomic E-state index is 10.4. The lowest BCUT2D eigenvalue weighted by atomic mass is 9.89. The van der Waals surface area contributed by atoms with E-state index >= 15 is 0 Å². The number of hydrogen-bond donors (Lipinski definition) is 1. The van der Waals surface area contributed by atoms with Crippen LogP contribution in [0.5, 0.6) is 0 Å². The molecule has 0 bridgehead atoms. The molecule has 1 nitrogen and oxygen atoms in total. The normalized spacial score (nSPS) is 19.5. The van der Waals surface area contributed by atoms with E-state index < -0.39 is 0 Å². The molecule has 1 unspecified atom stereocenters. The van der Waals surface area contributed by atoms with Gasteiger partial charge in [0.2, 0.25) is 0 Å². The van der Waals surface area contributed by atoms with Gasteiger partial charge in [-0.15, -0.1) is 0 Å². The topological polar surface area (TPSA) is 20.2 Å². The predicted molar refractivity (Wildman–Crippen MR) is 76.7 cm³/mol. The molecule has 0 heterocycles. The van der Waals surface area contributed by atoms with Crippen LogP contribution in [-0.2, 0) is 0 Å². The molecule has 0 aromatic heterocycles. The van der Waals surface area contributed by atoms with Gasteiger partial charge in [0.25, 0.3) is 0 Å². The zero-order valence-electron chi connectivity index (χ0n) is 11.8. The number of aryl methyl sites for hydroxylation is 2. The van der Waals surface area contributed by atoms with Crippen molar-refractivity contribution < 1.29 is 5.11 Å². The van der Waals surface area contributed by atoms with Crippen LogP contribution in [0, 0.1) is 19.8 Å². The first kappa shape index (κ1) is 13.6. The lowest BCUT2D eigenvalue weighted by molar-refractivity contribution is 0.138. The van der Waals surface area contributed by atoms with E-state index in [0.717, 1.165) is 17.9 Å². The van der Waals surface area contributed by atoms with Crippen molar-refractivity contribution in [3.05, 3.63) is 34.9 Å². The quantitative estimate of drug-likeness (QED) is 0.767. The van der Waals surface area contributed by atoms with Crippen molar-refractivity contribution in [3.8, 4) is 0 Å². The minimum Gasteiger partial charge on any atom is -0.388 e.